The molecule has 242 valence electrons. The first-order chi connectivity index (χ1) is 21.0. The molecule has 2 N–H and O–H groups in total. The lowest BCUT2D eigenvalue weighted by molar-refractivity contribution is -0.150. The van der Waals surface area contributed by atoms with Crippen LogP contribution in [-0.4, -0.2) is 103 Å². The van der Waals surface area contributed by atoms with E-state index < -0.39 is 30.3 Å². The van der Waals surface area contributed by atoms with Gasteiger partial charge in [-0.1, -0.05) is 34.1 Å². The van der Waals surface area contributed by atoms with E-state index in [9.17, 15) is 19.2 Å². The second-order valence-electron chi connectivity index (χ2n) is 12.8. The summed E-state index contributed by atoms with van der Waals surface area (Å²) in [6.07, 6.45) is 5.54. The van der Waals surface area contributed by atoms with E-state index in [0.29, 0.717) is 55.8 Å². The topological polar surface area (TPSA) is 121 Å². The van der Waals surface area contributed by atoms with Crippen molar-refractivity contribution >= 4 is 29.7 Å². The third-order valence-corrected chi connectivity index (χ3v) is 9.02. The lowest BCUT2D eigenvalue weighted by Crippen LogP contribution is -2.60. The van der Waals surface area contributed by atoms with E-state index in [1.54, 1.807) is 47.4 Å². The summed E-state index contributed by atoms with van der Waals surface area (Å²) in [4.78, 5) is 60.5. The molecule has 11 heteroatoms. The number of benzene rings is 1. The number of nitrogens with one attached hydrogen (secondary N) is 2. The monoisotopic (exact) mass is 611 g/mol. The fourth-order valence-electron chi connectivity index (χ4n) is 6.68. The molecule has 2 bridgehead atoms. The number of amides is 4. The van der Waals surface area contributed by atoms with Crippen LogP contribution in [0.1, 0.15) is 65.4 Å². The van der Waals surface area contributed by atoms with Crippen molar-refractivity contribution in [2.75, 3.05) is 34.3 Å². The molecule has 2 saturated heterocycles. The molecule has 3 heterocycles. The van der Waals surface area contributed by atoms with E-state index in [0.717, 1.165) is 6.42 Å². The highest BCUT2D eigenvalue weighted by Crippen LogP contribution is 2.32. The highest BCUT2D eigenvalue weighted by molar-refractivity contribution is 5.96. The first-order valence-electron chi connectivity index (χ1n) is 15.9. The van der Waals surface area contributed by atoms with Crippen LogP contribution < -0.4 is 20.1 Å². The van der Waals surface area contributed by atoms with Gasteiger partial charge >= 0.3 is 0 Å². The third kappa shape index (κ3) is 7.20. The van der Waals surface area contributed by atoms with Crippen molar-refractivity contribution in [2.45, 2.75) is 90.1 Å². The van der Waals surface area contributed by atoms with Gasteiger partial charge in [0.2, 0.25) is 23.6 Å². The average Bonchev–Trinajstić information content (AvgIpc) is 3.63. The van der Waals surface area contributed by atoms with Gasteiger partial charge in [-0.25, -0.2) is 0 Å². The number of rotatable bonds is 9. The molecular formula is C33H49N5O6. The highest BCUT2D eigenvalue weighted by Gasteiger charge is 2.49. The van der Waals surface area contributed by atoms with Crippen molar-refractivity contribution < 1.29 is 28.7 Å². The van der Waals surface area contributed by atoms with Gasteiger partial charge in [-0.3, -0.25) is 24.1 Å². The molecule has 2 fully saturated rings. The van der Waals surface area contributed by atoms with E-state index >= 15 is 0 Å². The summed E-state index contributed by atoms with van der Waals surface area (Å²) >= 11 is 0. The molecule has 3 aliphatic heterocycles. The van der Waals surface area contributed by atoms with Gasteiger partial charge in [0.1, 0.15) is 35.7 Å². The Morgan fingerprint density at radius 1 is 1.16 bits per heavy atom. The van der Waals surface area contributed by atoms with Crippen molar-refractivity contribution in [1.82, 2.24) is 25.3 Å². The molecule has 1 aromatic carbocycles. The predicted molar refractivity (Wildman–Crippen MR) is 168 cm³/mol. The number of methoxy groups -OCH3 is 1. The van der Waals surface area contributed by atoms with Gasteiger partial charge in [-0.05, 0) is 69.5 Å². The summed E-state index contributed by atoms with van der Waals surface area (Å²) in [7, 11) is 5.31. The number of likely N-dealkylation sites (tertiary alicyclic amines) is 1. The zero-order valence-corrected chi connectivity index (χ0v) is 27.2. The Hall–Kier alpha value is -3.60. The lowest BCUT2D eigenvalue weighted by Gasteiger charge is -2.36. The van der Waals surface area contributed by atoms with Crippen LogP contribution in [0.2, 0.25) is 0 Å². The van der Waals surface area contributed by atoms with Crippen molar-refractivity contribution in [3.63, 3.8) is 0 Å². The number of fused-ring (bicyclic) bond motifs is 4. The van der Waals surface area contributed by atoms with Gasteiger partial charge in [0.15, 0.2) is 0 Å². The molecule has 0 aliphatic carbocycles. The number of ether oxygens (including phenoxy) is 2. The fraction of sp³-hybridized carbons (Fsp3) is 0.636. The molecule has 4 rings (SSSR count). The van der Waals surface area contributed by atoms with Gasteiger partial charge in [0.25, 0.3) is 0 Å². The Kier molecular flexibility index (Phi) is 10.9. The molecule has 0 unspecified atom stereocenters. The molecule has 0 spiro atoms. The van der Waals surface area contributed by atoms with E-state index in [1.165, 1.54) is 0 Å². The average molecular weight is 612 g/mol. The van der Waals surface area contributed by atoms with Gasteiger partial charge in [0, 0.05) is 31.3 Å². The maximum Gasteiger partial charge on any atom is 0.249 e. The first kappa shape index (κ1) is 33.3. The minimum atomic E-state index is -0.944. The van der Waals surface area contributed by atoms with Crippen LogP contribution in [0.4, 0.5) is 0 Å². The number of carbonyl (C=O) groups is 4. The van der Waals surface area contributed by atoms with Crippen LogP contribution in [0.5, 0.6) is 11.5 Å². The number of nitrogens with zero attached hydrogens (tertiary/aromatic N) is 3. The van der Waals surface area contributed by atoms with Gasteiger partial charge in [0.05, 0.1) is 13.2 Å². The first-order valence-corrected chi connectivity index (χ1v) is 15.9. The Morgan fingerprint density at radius 3 is 2.57 bits per heavy atom. The minimum absolute atomic E-state index is 0.0865. The van der Waals surface area contributed by atoms with Crippen molar-refractivity contribution in [3.8, 4) is 11.5 Å². The minimum Gasteiger partial charge on any atom is -0.496 e. The Labute approximate surface area is 261 Å². The van der Waals surface area contributed by atoms with Crippen LogP contribution in [0, 0.1) is 11.8 Å². The van der Waals surface area contributed by atoms with Crippen LogP contribution in [0.15, 0.2) is 24.4 Å². The molecule has 0 saturated carbocycles. The van der Waals surface area contributed by atoms with E-state index in [4.69, 9.17) is 9.47 Å². The number of likely N-dealkylation sites (N-methyl/N-ethyl adjacent to an activating group) is 1. The Balaban J connectivity index is 1.69. The molecular weight excluding hydrogens is 562 g/mol. The summed E-state index contributed by atoms with van der Waals surface area (Å²) < 4.78 is 11.9. The van der Waals surface area contributed by atoms with Gasteiger partial charge in [-0.15, -0.1) is 0 Å². The van der Waals surface area contributed by atoms with Gasteiger partial charge < -0.3 is 29.9 Å². The van der Waals surface area contributed by atoms with E-state index in [1.807, 2.05) is 46.7 Å². The normalized spacial score (nSPS) is 24.6. The van der Waals surface area contributed by atoms with Crippen molar-refractivity contribution in [1.29, 1.82) is 0 Å². The van der Waals surface area contributed by atoms with Crippen LogP contribution in [0.3, 0.4) is 0 Å². The van der Waals surface area contributed by atoms with Crippen LogP contribution >= 0.6 is 0 Å². The molecule has 4 amide bonds. The summed E-state index contributed by atoms with van der Waals surface area (Å²) in [5, 5.41) is 5.88. The van der Waals surface area contributed by atoms with Crippen LogP contribution in [-0.2, 0) is 19.2 Å². The lowest BCUT2D eigenvalue weighted by atomic mass is 9.96. The number of hydrogen-bond donors (Lipinski definition) is 2. The highest BCUT2D eigenvalue weighted by atomic mass is 16.5. The largest absolute Gasteiger partial charge is 0.496 e. The molecule has 3 aliphatic rings. The molecule has 0 aromatic heterocycles. The van der Waals surface area contributed by atoms with Gasteiger partial charge in [-0.2, -0.15) is 0 Å². The van der Waals surface area contributed by atoms with E-state index in [-0.39, 0.29) is 35.5 Å². The molecule has 0 radical (unpaired) electrons. The van der Waals surface area contributed by atoms with Crippen molar-refractivity contribution in [2.24, 2.45) is 11.8 Å². The molecule has 44 heavy (non-hydrogen) atoms. The van der Waals surface area contributed by atoms with E-state index in [2.05, 4.69) is 10.6 Å². The predicted octanol–water partition coefficient (Wildman–Crippen LogP) is 2.64. The number of hydrogen-bond acceptors (Lipinski definition) is 7. The Morgan fingerprint density at radius 2 is 1.91 bits per heavy atom. The molecule has 1 aromatic rings. The number of carbonyl (C=O) groups excluding carboxylic acids is 4. The quantitative estimate of drug-likeness (QED) is 0.441. The van der Waals surface area contributed by atoms with Crippen molar-refractivity contribution in [3.05, 3.63) is 30.0 Å². The van der Waals surface area contributed by atoms with Crippen LogP contribution in [0.25, 0.3) is 6.08 Å². The fourth-order valence-corrected chi connectivity index (χ4v) is 6.68. The summed E-state index contributed by atoms with van der Waals surface area (Å²) in [5.41, 5.74) is 0.707. The molecule has 6 atom stereocenters. The second-order valence-corrected chi connectivity index (χ2v) is 12.8. The zero-order chi connectivity index (χ0) is 32.1. The summed E-state index contributed by atoms with van der Waals surface area (Å²) in [6, 6.07) is 2.54. The maximum absolute atomic E-state index is 14.4. The zero-order valence-electron chi connectivity index (χ0n) is 27.2. The Bertz CT molecular complexity index is 1250. The summed E-state index contributed by atoms with van der Waals surface area (Å²) in [6.45, 7) is 8.79. The maximum atomic E-state index is 14.4. The third-order valence-electron chi connectivity index (χ3n) is 9.02. The smallest absolute Gasteiger partial charge is 0.249 e. The SMILES string of the molecule is CC[C@@H](C)[C@H](C(=O)N[C@@H](CC(C)C)C(=O)N1CC[C@@H]2Oc3ccc(OC)c(c3)/C=C\NC(=O)[C@@H]3CCCN3C(=O)[C@H]21)N(C)C. The molecule has 11 nitrogen and oxygen atoms in total. The standard InChI is InChI=1S/C33H49N5O6/c1-8-21(4)28(36(5)6)31(40)35-24(18-20(2)3)32(41)38-17-14-27-29(38)33(42)37-16-9-10-25(37)30(39)34-15-13-22-19-23(44-27)11-12-26(22)43-7/h11-13,15,19-21,24-25,27-29H,8-10,14,16-18H2,1-7H3,(H,34,39)(H,35,40)/b15-13-/t21-,24+,25+,27+,28-,29+/m1/s1. The summed E-state index contributed by atoms with van der Waals surface area (Å²) in [5.74, 6) is 0.245. The second kappa shape index (κ2) is 14.5.